The summed E-state index contributed by atoms with van der Waals surface area (Å²) in [6.45, 7) is 6.27. The molecule has 0 radical (unpaired) electrons. The summed E-state index contributed by atoms with van der Waals surface area (Å²) in [5.41, 5.74) is 0.843. The van der Waals surface area contributed by atoms with Gasteiger partial charge in [-0.2, -0.15) is 0 Å². The Balaban J connectivity index is 2.41. The molecular weight excluding hydrogens is 243 g/mol. The van der Waals surface area contributed by atoms with Gasteiger partial charge in [-0.3, -0.25) is 4.79 Å². The van der Waals surface area contributed by atoms with Gasteiger partial charge in [0.05, 0.1) is 6.54 Å². The van der Waals surface area contributed by atoms with Gasteiger partial charge < -0.3 is 10.6 Å². The van der Waals surface area contributed by atoms with Gasteiger partial charge in [-0.15, -0.1) is 0 Å². The van der Waals surface area contributed by atoms with Gasteiger partial charge in [-0.05, 0) is 37.5 Å². The maximum absolute atomic E-state index is 13.1. The van der Waals surface area contributed by atoms with E-state index in [-0.39, 0.29) is 30.4 Å². The van der Waals surface area contributed by atoms with Crippen LogP contribution in [0.3, 0.4) is 0 Å². The van der Waals surface area contributed by atoms with Crippen molar-refractivity contribution >= 4 is 5.91 Å². The van der Waals surface area contributed by atoms with Crippen LogP contribution in [0.4, 0.5) is 4.39 Å². The van der Waals surface area contributed by atoms with Crippen molar-refractivity contribution in [3.63, 3.8) is 0 Å². The van der Waals surface area contributed by atoms with Crippen LogP contribution in [0.5, 0.6) is 0 Å². The highest BCUT2D eigenvalue weighted by atomic mass is 19.1. The van der Waals surface area contributed by atoms with Crippen LogP contribution in [0.1, 0.15) is 45.2 Å². The van der Waals surface area contributed by atoms with E-state index in [0.29, 0.717) is 0 Å². The van der Waals surface area contributed by atoms with E-state index in [4.69, 9.17) is 0 Å². The molecule has 1 atom stereocenters. The first-order valence-corrected chi connectivity index (χ1v) is 6.85. The van der Waals surface area contributed by atoms with Gasteiger partial charge in [-0.1, -0.05) is 26.0 Å². The largest absolute Gasteiger partial charge is 0.352 e. The summed E-state index contributed by atoms with van der Waals surface area (Å²) >= 11 is 0. The fourth-order valence-corrected chi connectivity index (χ4v) is 1.91. The third-order valence-electron chi connectivity index (χ3n) is 3.27. The number of halogens is 1. The van der Waals surface area contributed by atoms with Crippen molar-refractivity contribution in [2.24, 2.45) is 0 Å². The van der Waals surface area contributed by atoms with Crippen LogP contribution in [-0.4, -0.2) is 18.5 Å². The molecule has 1 rings (SSSR count). The lowest BCUT2D eigenvalue weighted by Crippen LogP contribution is -2.40. The molecule has 0 aliphatic carbocycles. The Morgan fingerprint density at radius 1 is 1.32 bits per heavy atom. The molecule has 1 amide bonds. The van der Waals surface area contributed by atoms with Crippen LogP contribution in [0.15, 0.2) is 24.3 Å². The summed E-state index contributed by atoms with van der Waals surface area (Å²) in [6, 6.07) is 6.60. The highest BCUT2D eigenvalue weighted by Gasteiger charge is 2.10. The van der Waals surface area contributed by atoms with E-state index in [0.717, 1.165) is 18.4 Å². The Morgan fingerprint density at radius 3 is 2.58 bits per heavy atom. The van der Waals surface area contributed by atoms with Gasteiger partial charge in [0.25, 0.3) is 0 Å². The SMILES string of the molecule is CCC(CC)NC(=O)CN[C@@H](C)c1cccc(F)c1. The van der Waals surface area contributed by atoms with E-state index in [9.17, 15) is 9.18 Å². The second-order valence-corrected chi connectivity index (χ2v) is 4.74. The van der Waals surface area contributed by atoms with E-state index in [1.54, 1.807) is 6.07 Å². The molecule has 0 unspecified atom stereocenters. The molecule has 4 heteroatoms. The Bertz CT molecular complexity index is 405. The third-order valence-corrected chi connectivity index (χ3v) is 3.27. The fraction of sp³-hybridized carbons (Fsp3) is 0.533. The standard InChI is InChI=1S/C15H23FN2O/c1-4-14(5-2)18-15(19)10-17-11(3)12-7-6-8-13(16)9-12/h6-9,11,14,17H,4-5,10H2,1-3H3,(H,18,19)/t11-/m0/s1. The minimum absolute atomic E-state index is 0.0167. The first-order chi connectivity index (χ1) is 9.06. The maximum atomic E-state index is 13.1. The number of hydrogen-bond donors (Lipinski definition) is 2. The summed E-state index contributed by atoms with van der Waals surface area (Å²) in [5.74, 6) is -0.274. The Labute approximate surface area is 114 Å². The van der Waals surface area contributed by atoms with Crippen molar-refractivity contribution < 1.29 is 9.18 Å². The van der Waals surface area contributed by atoms with E-state index in [2.05, 4.69) is 24.5 Å². The Kier molecular flexibility index (Phi) is 6.50. The molecule has 0 saturated heterocycles. The molecule has 1 aromatic rings. The van der Waals surface area contributed by atoms with E-state index in [1.807, 2.05) is 13.0 Å². The average Bonchev–Trinajstić information content (AvgIpc) is 2.42. The molecule has 0 aromatic heterocycles. The zero-order valence-electron chi connectivity index (χ0n) is 11.9. The molecule has 2 N–H and O–H groups in total. The smallest absolute Gasteiger partial charge is 0.234 e. The van der Waals surface area contributed by atoms with Crippen LogP contribution in [0.2, 0.25) is 0 Å². The summed E-state index contributed by atoms with van der Waals surface area (Å²) in [5, 5.41) is 6.06. The van der Waals surface area contributed by atoms with Gasteiger partial charge in [-0.25, -0.2) is 4.39 Å². The lowest BCUT2D eigenvalue weighted by atomic mass is 10.1. The third kappa shape index (κ3) is 5.39. The van der Waals surface area contributed by atoms with Gasteiger partial charge >= 0.3 is 0 Å². The molecule has 0 heterocycles. The number of amides is 1. The molecule has 3 nitrogen and oxygen atoms in total. The zero-order valence-corrected chi connectivity index (χ0v) is 11.9. The number of carbonyl (C=O) groups excluding carboxylic acids is 1. The van der Waals surface area contributed by atoms with Crippen molar-refractivity contribution in [2.45, 2.75) is 45.7 Å². The molecule has 0 fully saturated rings. The summed E-state index contributed by atoms with van der Waals surface area (Å²) in [4.78, 5) is 11.7. The highest BCUT2D eigenvalue weighted by molar-refractivity contribution is 5.78. The van der Waals surface area contributed by atoms with Crippen molar-refractivity contribution in [2.75, 3.05) is 6.54 Å². The van der Waals surface area contributed by atoms with Crippen molar-refractivity contribution in [3.8, 4) is 0 Å². The lowest BCUT2D eigenvalue weighted by Gasteiger charge is -2.17. The molecule has 0 saturated carbocycles. The van der Waals surface area contributed by atoms with Gasteiger partial charge in [0.2, 0.25) is 5.91 Å². The fourth-order valence-electron chi connectivity index (χ4n) is 1.91. The number of rotatable bonds is 7. The number of hydrogen-bond acceptors (Lipinski definition) is 2. The maximum Gasteiger partial charge on any atom is 0.234 e. The molecule has 0 bridgehead atoms. The number of benzene rings is 1. The molecular formula is C15H23FN2O. The summed E-state index contributed by atoms with van der Waals surface area (Å²) in [6.07, 6.45) is 1.86. The number of carbonyl (C=O) groups is 1. The monoisotopic (exact) mass is 266 g/mol. The van der Waals surface area contributed by atoms with Crippen molar-refractivity contribution in [1.82, 2.24) is 10.6 Å². The van der Waals surface area contributed by atoms with Crippen LogP contribution >= 0.6 is 0 Å². The predicted octanol–water partition coefficient (Wildman–Crippen LogP) is 2.78. The van der Waals surface area contributed by atoms with E-state index >= 15 is 0 Å². The van der Waals surface area contributed by atoms with Crippen LogP contribution in [0.25, 0.3) is 0 Å². The minimum Gasteiger partial charge on any atom is -0.352 e. The lowest BCUT2D eigenvalue weighted by molar-refractivity contribution is -0.121. The summed E-state index contributed by atoms with van der Waals surface area (Å²) in [7, 11) is 0. The van der Waals surface area contributed by atoms with Crippen molar-refractivity contribution in [3.05, 3.63) is 35.6 Å². The second-order valence-electron chi connectivity index (χ2n) is 4.74. The van der Waals surface area contributed by atoms with Crippen LogP contribution in [-0.2, 0) is 4.79 Å². The van der Waals surface area contributed by atoms with Gasteiger partial charge in [0, 0.05) is 12.1 Å². The van der Waals surface area contributed by atoms with Gasteiger partial charge in [0.15, 0.2) is 0 Å². The first-order valence-electron chi connectivity index (χ1n) is 6.85. The predicted molar refractivity (Wildman–Crippen MR) is 75.3 cm³/mol. The topological polar surface area (TPSA) is 41.1 Å². The number of nitrogens with one attached hydrogen (secondary N) is 2. The highest BCUT2D eigenvalue weighted by Crippen LogP contribution is 2.12. The zero-order chi connectivity index (χ0) is 14.3. The molecule has 1 aromatic carbocycles. The molecule has 0 spiro atoms. The molecule has 19 heavy (non-hydrogen) atoms. The van der Waals surface area contributed by atoms with Gasteiger partial charge in [0.1, 0.15) is 5.82 Å². The van der Waals surface area contributed by atoms with Crippen LogP contribution < -0.4 is 10.6 Å². The van der Waals surface area contributed by atoms with E-state index in [1.165, 1.54) is 12.1 Å². The Morgan fingerprint density at radius 2 is 2.00 bits per heavy atom. The average molecular weight is 266 g/mol. The molecule has 0 aliphatic rings. The summed E-state index contributed by atoms with van der Waals surface area (Å²) < 4.78 is 13.1. The normalized spacial score (nSPS) is 12.5. The molecule has 0 aliphatic heterocycles. The minimum atomic E-state index is -0.257. The molecule has 106 valence electrons. The Hall–Kier alpha value is -1.42. The second kappa shape index (κ2) is 7.89. The van der Waals surface area contributed by atoms with Crippen LogP contribution in [0, 0.1) is 5.82 Å². The quantitative estimate of drug-likeness (QED) is 0.796. The first kappa shape index (κ1) is 15.6. The van der Waals surface area contributed by atoms with Crippen molar-refractivity contribution in [1.29, 1.82) is 0 Å². The van der Waals surface area contributed by atoms with E-state index < -0.39 is 0 Å².